The molecule has 0 spiro atoms. The van der Waals surface area contributed by atoms with Crippen LogP contribution in [0.3, 0.4) is 0 Å². The number of carbonyl (C=O) groups is 10. The van der Waals surface area contributed by atoms with Crippen LogP contribution in [0, 0.1) is 50.2 Å². The van der Waals surface area contributed by atoms with Crippen molar-refractivity contribution in [3.63, 3.8) is 0 Å². The van der Waals surface area contributed by atoms with Gasteiger partial charge in [0, 0.05) is 55.9 Å². The molecule has 2 saturated heterocycles. The monoisotopic (exact) mass is 1800 g/mol. The number of ether oxygens (including phenoxy) is 9. The molecule has 4 saturated carbocycles. The first kappa shape index (κ1) is 98.6. The van der Waals surface area contributed by atoms with Gasteiger partial charge in [-0.25, -0.2) is 28.8 Å². The van der Waals surface area contributed by atoms with E-state index in [1.54, 1.807) is 132 Å². The van der Waals surface area contributed by atoms with Gasteiger partial charge in [-0.05, 0) is 120 Å². The zero-order chi connectivity index (χ0) is 95.4. The highest BCUT2D eigenvalue weighted by molar-refractivity contribution is 6.11. The Labute approximate surface area is 741 Å². The molecule has 32 nitrogen and oxygen atoms in total. The van der Waals surface area contributed by atoms with E-state index in [1.807, 2.05) is 12.1 Å². The summed E-state index contributed by atoms with van der Waals surface area (Å²) < 4.78 is 93.2. The summed E-state index contributed by atoms with van der Waals surface area (Å²) in [5, 5.41) is 112. The number of hydrogen-bond acceptors (Lipinski definition) is 31. The van der Waals surface area contributed by atoms with Crippen molar-refractivity contribution in [2.45, 2.75) is 249 Å². The summed E-state index contributed by atoms with van der Waals surface area (Å²) in [5.74, 6) is -11.5. The van der Waals surface area contributed by atoms with Crippen LogP contribution in [0.2, 0.25) is 0 Å². The number of amides is 1. The number of hydrogen-bond donors (Lipinski definition) is 10. The molecule has 1 amide bonds. The first-order valence-electron chi connectivity index (χ1n) is 41.9. The molecule has 5 aromatic rings. The fourth-order valence-electron chi connectivity index (χ4n) is 19.5. The molecular formula is C94H109F3N4O28. The molecule has 0 aromatic heterocycles. The van der Waals surface area contributed by atoms with Gasteiger partial charge in [-0.2, -0.15) is 18.4 Å². The van der Waals surface area contributed by atoms with Crippen LogP contribution < -0.4 is 11.1 Å². The maximum Gasteiger partial charge on any atom is 0.427 e. The molecule has 11 N–H and O–H groups in total. The van der Waals surface area contributed by atoms with E-state index in [9.17, 15) is 102 Å². The lowest BCUT2D eigenvalue weighted by Crippen LogP contribution is -2.81. The number of alkyl halides is 3. The molecule has 8 aliphatic rings. The molecule has 13 rings (SSSR count). The topological polar surface area (TPSA) is 499 Å². The molecule has 0 unspecified atom stereocenters. The first-order valence-corrected chi connectivity index (χ1v) is 41.9. The number of nitrogens with one attached hydrogen (secondary N) is 1. The van der Waals surface area contributed by atoms with E-state index in [-0.39, 0.29) is 70.7 Å². The number of halogens is 3. The molecule has 6 fully saturated rings. The SMILES string of the molecule is CC(=O)O[C@@]12CO[C@@H]1C[C@H](O)[C@@]1(C)C(=O)[C@H](O)C3=C(C)[C@@H](OC(=O)[C@H](O)[C@@H](N)c4ccccc4)C[C@@](O)([C@@H](OC(=O)c4ccccc4)[C@H]21)C3(C)C.CC(=O)O[C@@]12CO[C@@H]1C[C@H](O)[C@@]1(C)C(=O)[C@H](O)C3=C(C)[C@@H](OC(=O)[C@H](O)[C@@H](NC(=O)OC(C)(C)C(F)(F)F)c4ccccc4)C[C@@](O)([C@@H](OC(=O)c4ccccc4)[C@H]21)C3(C)C.CC(C)(C)C(=O)O/N=C(/C#N)c1ccccc1. The van der Waals surface area contributed by atoms with Gasteiger partial charge in [-0.3, -0.25) is 19.2 Å². The van der Waals surface area contributed by atoms with Crippen molar-refractivity contribution in [3.8, 4) is 6.07 Å². The summed E-state index contributed by atoms with van der Waals surface area (Å²) in [5.41, 5.74) is -11.6. The number of fused-ring (bicyclic) bond motifs is 10. The minimum atomic E-state index is -4.99. The Balaban J connectivity index is 0.000000213. The lowest BCUT2D eigenvalue weighted by Gasteiger charge is -2.67. The number of Topliss-reactive ketones (excluding diaryl/α,β-unsaturated/α-hetero) is 2. The number of aliphatic hydroxyl groups excluding tert-OH is 6. The smallest absolute Gasteiger partial charge is 0.427 e. The Morgan fingerprint density at radius 3 is 1.25 bits per heavy atom. The number of alkyl carbamates (subject to hydrolysis) is 1. The van der Waals surface area contributed by atoms with E-state index < -0.39 is 231 Å². The van der Waals surface area contributed by atoms with Crippen molar-refractivity contribution >= 4 is 65.2 Å². The highest BCUT2D eigenvalue weighted by Gasteiger charge is 2.80. The summed E-state index contributed by atoms with van der Waals surface area (Å²) >= 11 is 0. The Hall–Kier alpha value is -11.0. The normalized spacial score (nSPS) is 31.6. The molecule has 5 aromatic carbocycles. The number of nitrogens with two attached hydrogens (primary N) is 1. The number of rotatable bonds is 18. The Bertz CT molecular complexity index is 5240. The average molecular weight is 1800 g/mol. The van der Waals surface area contributed by atoms with Crippen LogP contribution in [0.4, 0.5) is 18.0 Å². The number of carbonyl (C=O) groups excluding carboxylic acids is 10. The van der Waals surface area contributed by atoms with Gasteiger partial charge in [0.25, 0.3) is 0 Å². The predicted octanol–water partition coefficient (Wildman–Crippen LogP) is 8.00. The van der Waals surface area contributed by atoms with Gasteiger partial charge in [-0.15, -0.1) is 0 Å². The van der Waals surface area contributed by atoms with Crippen molar-refractivity contribution in [1.82, 2.24) is 5.32 Å². The van der Waals surface area contributed by atoms with Gasteiger partial charge in [0.2, 0.25) is 5.60 Å². The third-order valence-corrected chi connectivity index (χ3v) is 27.1. The van der Waals surface area contributed by atoms with Crippen molar-refractivity contribution in [3.05, 3.63) is 202 Å². The summed E-state index contributed by atoms with van der Waals surface area (Å²) in [6.07, 6.45) is -28.1. The molecule has 35 heteroatoms. The second-order valence-electron chi connectivity index (χ2n) is 37.0. The van der Waals surface area contributed by atoms with Crippen molar-refractivity contribution in [2.75, 3.05) is 13.2 Å². The molecule has 22 atom stereocenters. The van der Waals surface area contributed by atoms with Gasteiger partial charge >= 0.3 is 54.1 Å². The van der Waals surface area contributed by atoms with E-state index in [0.29, 0.717) is 25.0 Å². The maximum atomic E-state index is 14.9. The third-order valence-electron chi connectivity index (χ3n) is 27.1. The van der Waals surface area contributed by atoms with Crippen molar-refractivity contribution < 1.29 is 149 Å². The fourth-order valence-corrected chi connectivity index (χ4v) is 19.5. The minimum Gasteiger partial charge on any atom is -0.456 e. The zero-order valence-electron chi connectivity index (χ0n) is 73.8. The molecule has 6 aliphatic carbocycles. The zero-order valence-corrected chi connectivity index (χ0v) is 73.8. The second kappa shape index (κ2) is 36.7. The number of esters is 6. The summed E-state index contributed by atoms with van der Waals surface area (Å²) in [6, 6.07) is 39.0. The van der Waals surface area contributed by atoms with Crippen LogP contribution in [-0.2, 0) is 81.0 Å². The predicted molar refractivity (Wildman–Crippen MR) is 447 cm³/mol. The fraction of sp³-hybridized carbons (Fsp3) is 0.511. The van der Waals surface area contributed by atoms with Gasteiger partial charge in [0.1, 0.15) is 66.1 Å². The molecule has 0 radical (unpaired) electrons. The maximum absolute atomic E-state index is 14.9. The van der Waals surface area contributed by atoms with Crippen LogP contribution >= 0.6 is 0 Å². The number of nitriles is 1. The average Bonchev–Trinajstić information content (AvgIpc) is 0.672. The van der Waals surface area contributed by atoms with Gasteiger partial charge < -0.3 is 99.4 Å². The summed E-state index contributed by atoms with van der Waals surface area (Å²) in [4.78, 5) is 140. The Kier molecular flexibility index (Phi) is 28.1. The van der Waals surface area contributed by atoms with Crippen LogP contribution in [0.1, 0.15) is 179 Å². The second-order valence-corrected chi connectivity index (χ2v) is 37.0. The van der Waals surface area contributed by atoms with Gasteiger partial charge in [0.15, 0.2) is 40.7 Å². The molecule has 129 heavy (non-hydrogen) atoms. The summed E-state index contributed by atoms with van der Waals surface area (Å²) in [7, 11) is 0. The Morgan fingerprint density at radius 2 is 0.907 bits per heavy atom. The highest BCUT2D eigenvalue weighted by atomic mass is 19.4. The van der Waals surface area contributed by atoms with Crippen LogP contribution in [0.15, 0.2) is 179 Å². The molecule has 2 heterocycles. The van der Waals surface area contributed by atoms with Crippen molar-refractivity contribution in [1.29, 1.82) is 5.26 Å². The van der Waals surface area contributed by atoms with E-state index in [2.05, 4.69) is 15.2 Å². The lowest BCUT2D eigenvalue weighted by molar-refractivity contribution is -0.346. The van der Waals surface area contributed by atoms with Crippen molar-refractivity contribution in [2.24, 2.45) is 49.8 Å². The number of oxime groups is 1. The largest absolute Gasteiger partial charge is 0.456 e. The standard InChI is InChI=1S/C43H50F3NO14.C38H45NO12.C13H14N2O2/c1-21-25(58-36(54)31(51)29(23-14-10-8-11-15-23)47-37(55)61-39(5,6)43(44,45)46)19-42(56)34(59-35(53)24-16-12-9-13-17-24)32-40(7,33(52)30(50)28(21)38(42,3)4)26(49)18-27-41(32,20-57-27)60-22(2)48;1-19-23(49-34(46)29(43)27(39)21-12-8-6-9-13-21)17-38(47)32(50-33(45)22-14-10-7-11-15-22)30-36(5,31(44)28(42)26(19)35(38,3)4)24(41)16-25-37(30,18-48-25)51-20(2)40;1-13(2,3)12(16)17-15-11(9-14)10-7-5-4-6-8-10/h8-17,25-27,29-32,34,49-51,56H,18-20H2,1-7H3,(H,47,55);6-15,23-25,27-30,32,41-43,47H,16-18,39H2,1-5H3;4-8H,1-3H3/b;;15-11-/t25-,26-,27+,29-,30+,31+,32-,34-,40+,41-,42+;23-,24-,25+,27-,28+,29+,30-,32-,36+,37-,38+;/m00./s1. The number of benzene rings is 5. The molecule has 694 valence electrons. The molecule has 4 bridgehead atoms. The van der Waals surface area contributed by atoms with E-state index in [0.717, 1.165) is 6.92 Å². The van der Waals surface area contributed by atoms with Crippen LogP contribution in [-0.4, -0.2) is 227 Å². The number of nitrogens with zero attached hydrogens (tertiary/aromatic N) is 2. The minimum absolute atomic E-state index is 0.0120. The van der Waals surface area contributed by atoms with E-state index in [1.165, 1.54) is 97.0 Å². The van der Waals surface area contributed by atoms with Gasteiger partial charge in [-0.1, -0.05) is 160 Å². The van der Waals surface area contributed by atoms with Gasteiger partial charge in [0.05, 0.1) is 76.7 Å². The van der Waals surface area contributed by atoms with E-state index in [4.69, 9.17) is 53.7 Å². The number of aliphatic hydroxyl groups is 8. The molecule has 2 aliphatic heterocycles. The third kappa shape index (κ3) is 17.9. The lowest BCUT2D eigenvalue weighted by atomic mass is 9.44. The quantitative estimate of drug-likeness (QED) is 0.00991. The summed E-state index contributed by atoms with van der Waals surface area (Å²) in [6.45, 7) is 19.8. The van der Waals surface area contributed by atoms with E-state index >= 15 is 0 Å². The first-order chi connectivity index (χ1) is 60.1. The highest BCUT2D eigenvalue weighted by Crippen LogP contribution is 2.67. The number of ketones is 2. The van der Waals surface area contributed by atoms with Crippen LogP contribution in [0.25, 0.3) is 0 Å². The van der Waals surface area contributed by atoms with Crippen LogP contribution in [0.5, 0.6) is 0 Å². The Morgan fingerprint density at radius 1 is 0.550 bits per heavy atom. The molecular weight excluding hydrogens is 1690 g/mol.